The molecule has 0 aliphatic heterocycles. The van der Waals surface area contributed by atoms with Gasteiger partial charge in [0.25, 0.3) is 15.7 Å². The van der Waals surface area contributed by atoms with E-state index in [0.29, 0.717) is 11.3 Å². The molecule has 3 aromatic rings. The van der Waals surface area contributed by atoms with Gasteiger partial charge in [0.15, 0.2) is 0 Å². The SMILES string of the molecule is COc1cccc(CN(C(=O)CN(c2ccc([N+](=O)[O-])cc2)S(=O)(=O)c2ccccc2)[C@@H](C)C(=O)NC2CCCCC2)c1. The van der Waals surface area contributed by atoms with Crippen molar-refractivity contribution in [2.75, 3.05) is 18.0 Å². The highest BCUT2D eigenvalue weighted by Gasteiger charge is 2.33. The van der Waals surface area contributed by atoms with Crippen LogP contribution in [0.1, 0.15) is 44.6 Å². The summed E-state index contributed by atoms with van der Waals surface area (Å²) >= 11 is 0. The number of non-ortho nitro benzene ring substituents is 1. The molecule has 0 aromatic heterocycles. The second-order valence-electron chi connectivity index (χ2n) is 10.5. The van der Waals surface area contributed by atoms with Crippen LogP contribution in [0.3, 0.4) is 0 Å². The molecular weight excluding hydrogens is 572 g/mol. The Morgan fingerprint density at radius 1 is 1.00 bits per heavy atom. The number of benzene rings is 3. The van der Waals surface area contributed by atoms with E-state index in [1.165, 1.54) is 48.4 Å². The number of anilines is 1. The molecule has 0 unspecified atom stereocenters. The summed E-state index contributed by atoms with van der Waals surface area (Å²) in [5.41, 5.74) is 0.543. The largest absolute Gasteiger partial charge is 0.497 e. The molecule has 3 aromatic carbocycles. The molecule has 1 saturated carbocycles. The Morgan fingerprint density at radius 2 is 1.67 bits per heavy atom. The summed E-state index contributed by atoms with van der Waals surface area (Å²) in [4.78, 5) is 39.4. The number of nitrogens with one attached hydrogen (secondary N) is 1. The van der Waals surface area contributed by atoms with Gasteiger partial charge in [0, 0.05) is 24.7 Å². The second-order valence-corrected chi connectivity index (χ2v) is 12.4. The Bertz CT molecular complexity index is 1530. The molecule has 0 spiro atoms. The van der Waals surface area contributed by atoms with E-state index >= 15 is 0 Å². The minimum atomic E-state index is -4.27. The third kappa shape index (κ3) is 7.89. The predicted molar refractivity (Wildman–Crippen MR) is 162 cm³/mol. The fourth-order valence-corrected chi connectivity index (χ4v) is 6.54. The first-order valence-corrected chi connectivity index (χ1v) is 15.6. The van der Waals surface area contributed by atoms with Crippen LogP contribution in [0.15, 0.2) is 83.8 Å². The van der Waals surface area contributed by atoms with Gasteiger partial charge in [-0.25, -0.2) is 8.42 Å². The van der Waals surface area contributed by atoms with E-state index in [-0.39, 0.29) is 34.8 Å². The Balaban J connectivity index is 1.69. The zero-order valence-electron chi connectivity index (χ0n) is 24.2. The summed E-state index contributed by atoms with van der Waals surface area (Å²) in [7, 11) is -2.75. The van der Waals surface area contributed by atoms with E-state index in [1.54, 1.807) is 49.4 Å². The highest BCUT2D eigenvalue weighted by atomic mass is 32.2. The minimum absolute atomic E-state index is 0.0209. The lowest BCUT2D eigenvalue weighted by molar-refractivity contribution is -0.384. The van der Waals surface area contributed by atoms with Crippen LogP contribution in [0.5, 0.6) is 5.75 Å². The van der Waals surface area contributed by atoms with Crippen LogP contribution in [0, 0.1) is 10.1 Å². The van der Waals surface area contributed by atoms with Crippen LogP contribution >= 0.6 is 0 Å². The first-order chi connectivity index (χ1) is 20.6. The molecular formula is C31H36N4O7S. The molecule has 0 heterocycles. The van der Waals surface area contributed by atoms with E-state index in [9.17, 15) is 28.1 Å². The fourth-order valence-electron chi connectivity index (χ4n) is 5.11. The van der Waals surface area contributed by atoms with E-state index in [2.05, 4.69) is 5.32 Å². The molecule has 4 rings (SSSR count). The normalized spacial score (nSPS) is 14.4. The van der Waals surface area contributed by atoms with Crippen LogP contribution < -0.4 is 14.4 Å². The number of ether oxygens (including phenoxy) is 1. The average Bonchev–Trinajstić information content (AvgIpc) is 3.03. The van der Waals surface area contributed by atoms with Crippen molar-refractivity contribution in [1.82, 2.24) is 10.2 Å². The molecule has 1 N–H and O–H groups in total. The molecule has 11 nitrogen and oxygen atoms in total. The predicted octanol–water partition coefficient (Wildman–Crippen LogP) is 4.66. The third-order valence-corrected chi connectivity index (χ3v) is 9.35. The van der Waals surface area contributed by atoms with Gasteiger partial charge >= 0.3 is 0 Å². The molecule has 43 heavy (non-hydrogen) atoms. The van der Waals surface area contributed by atoms with Crippen LogP contribution in [0.25, 0.3) is 0 Å². The van der Waals surface area contributed by atoms with Crippen molar-refractivity contribution in [3.8, 4) is 5.75 Å². The van der Waals surface area contributed by atoms with Crippen LogP contribution in [0.2, 0.25) is 0 Å². The van der Waals surface area contributed by atoms with E-state index < -0.39 is 33.4 Å². The van der Waals surface area contributed by atoms with Crippen LogP contribution in [-0.2, 0) is 26.2 Å². The highest BCUT2D eigenvalue weighted by molar-refractivity contribution is 7.92. The third-order valence-electron chi connectivity index (χ3n) is 7.56. The number of carbonyl (C=O) groups excluding carboxylic acids is 2. The van der Waals surface area contributed by atoms with Crippen molar-refractivity contribution in [1.29, 1.82) is 0 Å². The first kappa shape index (κ1) is 31.5. The summed E-state index contributed by atoms with van der Waals surface area (Å²) in [6, 6.07) is 18.7. The molecule has 228 valence electrons. The van der Waals surface area contributed by atoms with E-state index in [1.807, 2.05) is 0 Å². The Morgan fingerprint density at radius 3 is 2.30 bits per heavy atom. The Kier molecular flexibility index (Phi) is 10.4. The maximum atomic E-state index is 14.1. The van der Waals surface area contributed by atoms with Gasteiger partial charge in [-0.1, -0.05) is 49.6 Å². The summed E-state index contributed by atoms with van der Waals surface area (Å²) in [6.45, 7) is 1.01. The lowest BCUT2D eigenvalue weighted by Crippen LogP contribution is -2.53. The summed E-state index contributed by atoms with van der Waals surface area (Å²) < 4.78 is 33.9. The number of nitrogens with zero attached hydrogens (tertiary/aromatic N) is 3. The molecule has 1 fully saturated rings. The summed E-state index contributed by atoms with van der Waals surface area (Å²) in [5, 5.41) is 14.3. The number of hydrogen-bond donors (Lipinski definition) is 1. The molecule has 1 aliphatic carbocycles. The van der Waals surface area contributed by atoms with Crippen molar-refractivity contribution in [2.24, 2.45) is 0 Å². The lowest BCUT2D eigenvalue weighted by atomic mass is 9.95. The van der Waals surface area contributed by atoms with Gasteiger partial charge in [-0.05, 0) is 61.7 Å². The smallest absolute Gasteiger partial charge is 0.269 e. The van der Waals surface area contributed by atoms with E-state index in [0.717, 1.165) is 36.4 Å². The van der Waals surface area contributed by atoms with Crippen LogP contribution in [0.4, 0.5) is 11.4 Å². The topological polar surface area (TPSA) is 139 Å². The number of nitro groups is 1. The van der Waals surface area contributed by atoms with Gasteiger partial charge in [0.05, 0.1) is 22.6 Å². The van der Waals surface area contributed by atoms with Gasteiger partial charge in [0.1, 0.15) is 18.3 Å². The number of sulfonamides is 1. The van der Waals surface area contributed by atoms with Crippen molar-refractivity contribution >= 4 is 33.2 Å². The maximum Gasteiger partial charge on any atom is 0.269 e. The quantitative estimate of drug-likeness (QED) is 0.233. The van der Waals surface area contributed by atoms with E-state index in [4.69, 9.17) is 4.74 Å². The number of amides is 2. The van der Waals surface area contributed by atoms with Crippen molar-refractivity contribution in [3.05, 3.63) is 94.5 Å². The molecule has 1 atom stereocenters. The van der Waals surface area contributed by atoms with Crippen molar-refractivity contribution in [3.63, 3.8) is 0 Å². The summed E-state index contributed by atoms with van der Waals surface area (Å²) in [5.74, 6) is -0.369. The number of rotatable bonds is 12. The van der Waals surface area contributed by atoms with Gasteiger partial charge < -0.3 is 15.0 Å². The average molecular weight is 609 g/mol. The Hall–Kier alpha value is -4.45. The maximum absolute atomic E-state index is 14.1. The number of carbonyl (C=O) groups is 2. The van der Waals surface area contributed by atoms with Gasteiger partial charge in [-0.3, -0.25) is 24.0 Å². The Labute approximate surface area is 251 Å². The first-order valence-electron chi connectivity index (χ1n) is 14.1. The standard InChI is InChI=1S/C31H36N4O7S/c1-23(31(37)32-25-11-5-3-6-12-25)33(21-24-10-9-13-28(20-24)42-2)30(36)22-34(26-16-18-27(19-17-26)35(38)39)43(40,41)29-14-7-4-8-15-29/h4,7-10,13-20,23,25H,3,5-6,11-12,21-22H2,1-2H3,(H,32,37)/t23-/m0/s1. The monoisotopic (exact) mass is 608 g/mol. The molecule has 2 amide bonds. The van der Waals surface area contributed by atoms with Crippen molar-refractivity contribution in [2.45, 2.75) is 62.6 Å². The zero-order chi connectivity index (χ0) is 31.0. The zero-order valence-corrected chi connectivity index (χ0v) is 25.0. The van der Waals surface area contributed by atoms with Crippen LogP contribution in [-0.4, -0.2) is 55.8 Å². The highest BCUT2D eigenvalue weighted by Crippen LogP contribution is 2.27. The van der Waals surface area contributed by atoms with Gasteiger partial charge in [0.2, 0.25) is 11.8 Å². The van der Waals surface area contributed by atoms with Gasteiger partial charge in [-0.15, -0.1) is 0 Å². The molecule has 0 bridgehead atoms. The molecule has 1 aliphatic rings. The second kappa shape index (κ2) is 14.1. The number of nitro benzene ring substituents is 1. The number of methoxy groups -OCH3 is 1. The number of hydrogen-bond acceptors (Lipinski definition) is 7. The molecule has 12 heteroatoms. The molecule has 0 radical (unpaired) electrons. The fraction of sp³-hybridized carbons (Fsp3) is 0.355. The van der Waals surface area contributed by atoms with Crippen molar-refractivity contribution < 1.29 is 27.7 Å². The minimum Gasteiger partial charge on any atom is -0.497 e. The molecule has 0 saturated heterocycles. The lowest BCUT2D eigenvalue weighted by Gasteiger charge is -2.33. The summed E-state index contributed by atoms with van der Waals surface area (Å²) in [6.07, 6.45) is 4.90. The van der Waals surface area contributed by atoms with Gasteiger partial charge in [-0.2, -0.15) is 0 Å².